The molecule has 44 heavy (non-hydrogen) atoms. The predicted molar refractivity (Wildman–Crippen MR) is 161 cm³/mol. The van der Waals surface area contributed by atoms with Gasteiger partial charge >= 0.3 is 0 Å². The zero-order valence-electron chi connectivity index (χ0n) is 23.6. The van der Waals surface area contributed by atoms with E-state index in [1.165, 1.54) is 40.7 Å². The highest BCUT2D eigenvalue weighted by molar-refractivity contribution is 7.99. The molecule has 230 valence electrons. The van der Waals surface area contributed by atoms with Gasteiger partial charge in [0.1, 0.15) is 11.6 Å². The van der Waals surface area contributed by atoms with E-state index in [9.17, 15) is 22.4 Å². The van der Waals surface area contributed by atoms with Crippen molar-refractivity contribution in [3.8, 4) is 11.4 Å². The number of carbonyl (C=O) groups is 2. The predicted octanol–water partition coefficient (Wildman–Crippen LogP) is 3.10. The Morgan fingerprint density at radius 3 is 2.32 bits per heavy atom. The molecule has 1 aromatic heterocycles. The lowest BCUT2D eigenvalue weighted by Gasteiger charge is -2.26. The molecule has 1 aliphatic heterocycles. The van der Waals surface area contributed by atoms with Gasteiger partial charge in [-0.1, -0.05) is 11.8 Å². The highest BCUT2D eigenvalue weighted by Gasteiger charge is 2.26. The van der Waals surface area contributed by atoms with Crippen molar-refractivity contribution in [3.05, 3.63) is 90.0 Å². The van der Waals surface area contributed by atoms with Crippen LogP contribution >= 0.6 is 11.8 Å². The van der Waals surface area contributed by atoms with E-state index >= 15 is 0 Å². The van der Waals surface area contributed by atoms with Crippen LogP contribution in [0.1, 0.15) is 16.2 Å². The molecule has 0 bridgehead atoms. The molecule has 0 spiro atoms. The second-order valence-electron chi connectivity index (χ2n) is 9.50. The zero-order chi connectivity index (χ0) is 31.1. The van der Waals surface area contributed by atoms with Gasteiger partial charge in [0.05, 0.1) is 37.5 Å². The van der Waals surface area contributed by atoms with Crippen molar-refractivity contribution < 1.29 is 31.9 Å². The lowest BCUT2D eigenvalue weighted by Crippen LogP contribution is -2.40. The number of hydrogen-bond donors (Lipinski definition) is 2. The fourth-order valence-corrected chi connectivity index (χ4v) is 6.51. The molecule has 4 aromatic rings. The lowest BCUT2D eigenvalue weighted by molar-refractivity contribution is -0.113. The molecule has 1 fully saturated rings. The summed E-state index contributed by atoms with van der Waals surface area (Å²) in [5.41, 5.74) is 1.39. The van der Waals surface area contributed by atoms with Gasteiger partial charge < -0.3 is 20.1 Å². The number of thioether (sulfide) groups is 1. The highest BCUT2D eigenvalue weighted by Crippen LogP contribution is 2.24. The SMILES string of the molecule is COc1ccc(NC(=O)CSc2nnc(CNC(=O)c3ccc(S(=O)(=O)N4CCOCC4)cc3)n2-c2ccc(F)cc2)cc1. The molecule has 1 aliphatic rings. The summed E-state index contributed by atoms with van der Waals surface area (Å²) in [6, 6.07) is 18.2. The fourth-order valence-electron chi connectivity index (χ4n) is 4.34. The van der Waals surface area contributed by atoms with Crippen molar-refractivity contribution >= 4 is 39.3 Å². The molecular weight excluding hydrogens is 611 g/mol. The quantitative estimate of drug-likeness (QED) is 0.236. The third-order valence-electron chi connectivity index (χ3n) is 6.62. The topological polar surface area (TPSA) is 145 Å². The third-order valence-corrected chi connectivity index (χ3v) is 9.46. The van der Waals surface area contributed by atoms with Gasteiger partial charge in [0.15, 0.2) is 11.0 Å². The lowest BCUT2D eigenvalue weighted by atomic mass is 10.2. The van der Waals surface area contributed by atoms with E-state index in [0.717, 1.165) is 11.8 Å². The van der Waals surface area contributed by atoms with Crippen LogP contribution in [0.3, 0.4) is 0 Å². The summed E-state index contributed by atoms with van der Waals surface area (Å²) in [5.74, 6) is -0.140. The Balaban J connectivity index is 1.26. The van der Waals surface area contributed by atoms with Crippen LogP contribution in [-0.2, 0) is 26.1 Å². The molecule has 2 heterocycles. The average molecular weight is 641 g/mol. The van der Waals surface area contributed by atoms with Crippen molar-refractivity contribution in [2.45, 2.75) is 16.6 Å². The van der Waals surface area contributed by atoms with Gasteiger partial charge in [-0.25, -0.2) is 12.8 Å². The van der Waals surface area contributed by atoms with Gasteiger partial charge in [0.2, 0.25) is 15.9 Å². The normalized spacial score (nSPS) is 13.8. The maximum Gasteiger partial charge on any atom is 0.251 e. The van der Waals surface area contributed by atoms with E-state index < -0.39 is 21.7 Å². The first kappa shape index (κ1) is 31.1. The van der Waals surface area contributed by atoms with Gasteiger partial charge in [-0.15, -0.1) is 10.2 Å². The summed E-state index contributed by atoms with van der Waals surface area (Å²) in [7, 11) is -2.14. The molecule has 0 saturated carbocycles. The number of halogens is 1. The van der Waals surface area contributed by atoms with Gasteiger partial charge in [0.25, 0.3) is 5.91 Å². The number of morpholine rings is 1. The first-order valence-corrected chi connectivity index (χ1v) is 15.9. The number of methoxy groups -OCH3 is 1. The number of hydrogen-bond acceptors (Lipinski definition) is 9. The molecule has 3 aromatic carbocycles. The van der Waals surface area contributed by atoms with Crippen LogP contribution in [0.5, 0.6) is 5.75 Å². The highest BCUT2D eigenvalue weighted by atomic mass is 32.2. The molecular formula is C29H29FN6O6S2. The average Bonchev–Trinajstić information content (AvgIpc) is 3.46. The Bertz CT molecular complexity index is 1710. The summed E-state index contributed by atoms with van der Waals surface area (Å²) < 4.78 is 52.8. The smallest absolute Gasteiger partial charge is 0.251 e. The summed E-state index contributed by atoms with van der Waals surface area (Å²) in [4.78, 5) is 25.7. The Hall–Kier alpha value is -4.31. The monoisotopic (exact) mass is 640 g/mol. The third kappa shape index (κ3) is 7.42. The van der Waals surface area contributed by atoms with Crippen molar-refractivity contribution in [1.29, 1.82) is 0 Å². The summed E-state index contributed by atoms with van der Waals surface area (Å²) >= 11 is 1.13. The van der Waals surface area contributed by atoms with E-state index in [0.29, 0.717) is 41.3 Å². The van der Waals surface area contributed by atoms with Crippen LogP contribution in [-0.4, -0.2) is 78.5 Å². The van der Waals surface area contributed by atoms with Gasteiger partial charge in [-0.2, -0.15) is 4.31 Å². The molecule has 2 amide bonds. The van der Waals surface area contributed by atoms with Crippen molar-refractivity contribution in [2.75, 3.05) is 44.5 Å². The molecule has 0 atom stereocenters. The van der Waals surface area contributed by atoms with Gasteiger partial charge in [-0.3, -0.25) is 14.2 Å². The Morgan fingerprint density at radius 1 is 0.977 bits per heavy atom. The second-order valence-corrected chi connectivity index (χ2v) is 12.4. The number of carbonyl (C=O) groups excluding carboxylic acids is 2. The largest absolute Gasteiger partial charge is 0.497 e. The first-order valence-electron chi connectivity index (χ1n) is 13.5. The maximum absolute atomic E-state index is 13.7. The van der Waals surface area contributed by atoms with Gasteiger partial charge in [0, 0.05) is 30.0 Å². The minimum absolute atomic E-state index is 0.0113. The van der Waals surface area contributed by atoms with Crippen LogP contribution in [0.25, 0.3) is 5.69 Å². The number of amides is 2. The van der Waals surface area contributed by atoms with Crippen LogP contribution in [0, 0.1) is 5.82 Å². The van der Waals surface area contributed by atoms with E-state index in [1.54, 1.807) is 48.1 Å². The number of sulfonamides is 1. The Labute approximate surface area is 257 Å². The molecule has 0 aliphatic carbocycles. The Kier molecular flexibility index (Phi) is 9.89. The minimum atomic E-state index is -3.69. The minimum Gasteiger partial charge on any atom is -0.497 e. The van der Waals surface area contributed by atoms with Crippen LogP contribution < -0.4 is 15.4 Å². The number of benzene rings is 3. The fraction of sp³-hybridized carbons (Fsp3) is 0.241. The van der Waals surface area contributed by atoms with E-state index in [1.807, 2.05) is 0 Å². The number of nitrogens with one attached hydrogen (secondary N) is 2. The number of rotatable bonds is 11. The molecule has 0 radical (unpaired) electrons. The van der Waals surface area contributed by atoms with Gasteiger partial charge in [-0.05, 0) is 72.8 Å². The molecule has 2 N–H and O–H groups in total. The molecule has 12 nitrogen and oxygen atoms in total. The maximum atomic E-state index is 13.7. The first-order chi connectivity index (χ1) is 21.2. The van der Waals surface area contributed by atoms with Crippen LogP contribution in [0.2, 0.25) is 0 Å². The number of aromatic nitrogens is 3. The second kappa shape index (κ2) is 14.0. The Morgan fingerprint density at radius 2 is 1.66 bits per heavy atom. The number of anilines is 1. The number of ether oxygens (including phenoxy) is 2. The van der Waals surface area contributed by atoms with Crippen LogP contribution in [0.4, 0.5) is 10.1 Å². The summed E-state index contributed by atoms with van der Waals surface area (Å²) in [6.07, 6.45) is 0. The van der Waals surface area contributed by atoms with Crippen molar-refractivity contribution in [3.63, 3.8) is 0 Å². The van der Waals surface area contributed by atoms with Crippen LogP contribution in [0.15, 0.2) is 82.8 Å². The summed E-state index contributed by atoms with van der Waals surface area (Å²) in [5, 5.41) is 14.3. The van der Waals surface area contributed by atoms with Crippen molar-refractivity contribution in [1.82, 2.24) is 24.4 Å². The standard InChI is InChI=1S/C29H29FN6O6S2/c1-41-24-10-6-22(7-11-24)32-27(37)19-43-29-34-33-26(36(29)23-8-4-21(30)5-9-23)18-31-28(38)20-2-12-25(13-3-20)44(39,40)35-14-16-42-17-15-35/h2-13H,14-19H2,1H3,(H,31,38)(H,32,37). The van der Waals surface area contributed by atoms with E-state index in [4.69, 9.17) is 9.47 Å². The van der Waals surface area contributed by atoms with Crippen molar-refractivity contribution in [2.24, 2.45) is 0 Å². The van der Waals surface area contributed by atoms with E-state index in [-0.39, 0.29) is 41.8 Å². The molecule has 1 saturated heterocycles. The number of nitrogens with zero attached hydrogens (tertiary/aromatic N) is 4. The summed E-state index contributed by atoms with van der Waals surface area (Å²) in [6.45, 7) is 1.16. The van der Waals surface area contributed by atoms with E-state index in [2.05, 4.69) is 20.8 Å². The molecule has 0 unspecified atom stereocenters. The zero-order valence-corrected chi connectivity index (χ0v) is 25.2. The molecule has 5 rings (SSSR count). The molecule has 15 heteroatoms.